The molecule has 0 saturated heterocycles. The fraction of sp³-hybridized carbons (Fsp3) is 0.286. The standard InChI is InChI=1S/C28H27N5O2/c1-17-25(18(2)35-33-17)20-15-21(26-22(16-20)31-27(32-26)19-9-3-4-10-19)28(34,23-11-5-7-13-29-23)24-12-6-8-14-30-24/h5-8,11-16,19,34H,3-4,9-10H2,1-2H3,(H,31,32). The number of fused-ring (bicyclic) bond motifs is 1. The molecule has 2 N–H and O–H groups in total. The minimum Gasteiger partial charge on any atom is -0.373 e. The van der Waals surface area contributed by atoms with Crippen LogP contribution in [0.1, 0.15) is 65.8 Å². The van der Waals surface area contributed by atoms with Crippen LogP contribution in [-0.4, -0.2) is 30.2 Å². The number of aromatic nitrogens is 5. The first kappa shape index (κ1) is 21.7. The summed E-state index contributed by atoms with van der Waals surface area (Å²) >= 11 is 0. The molecule has 4 aromatic heterocycles. The van der Waals surface area contributed by atoms with Crippen LogP contribution in [0.2, 0.25) is 0 Å². The molecular formula is C28H27N5O2. The quantitative estimate of drug-likeness (QED) is 0.352. The minimum atomic E-state index is -1.61. The van der Waals surface area contributed by atoms with Crippen LogP contribution in [-0.2, 0) is 5.60 Å². The molecule has 1 aliphatic rings. The minimum absolute atomic E-state index is 0.399. The van der Waals surface area contributed by atoms with E-state index in [0.717, 1.165) is 52.3 Å². The molecule has 1 saturated carbocycles. The van der Waals surface area contributed by atoms with Crippen LogP contribution >= 0.6 is 0 Å². The van der Waals surface area contributed by atoms with Crippen LogP contribution in [0.3, 0.4) is 0 Å². The first-order chi connectivity index (χ1) is 17.1. The number of rotatable bonds is 5. The molecule has 1 fully saturated rings. The third-order valence-electron chi connectivity index (χ3n) is 7.13. The first-order valence-corrected chi connectivity index (χ1v) is 12.1. The lowest BCUT2D eigenvalue weighted by atomic mass is 9.83. The van der Waals surface area contributed by atoms with Crippen molar-refractivity contribution >= 4 is 11.0 Å². The highest BCUT2D eigenvalue weighted by molar-refractivity contribution is 5.88. The molecule has 0 unspecified atom stereocenters. The number of hydrogen-bond acceptors (Lipinski definition) is 6. The van der Waals surface area contributed by atoms with Crippen LogP contribution in [0.15, 0.2) is 65.4 Å². The van der Waals surface area contributed by atoms with E-state index in [0.29, 0.717) is 22.9 Å². The number of pyridine rings is 2. The molecule has 35 heavy (non-hydrogen) atoms. The van der Waals surface area contributed by atoms with Crippen molar-refractivity contribution < 1.29 is 9.63 Å². The summed E-state index contributed by atoms with van der Waals surface area (Å²) < 4.78 is 5.48. The van der Waals surface area contributed by atoms with Gasteiger partial charge in [-0.1, -0.05) is 30.1 Å². The van der Waals surface area contributed by atoms with E-state index >= 15 is 0 Å². The van der Waals surface area contributed by atoms with Gasteiger partial charge in [-0.3, -0.25) is 9.97 Å². The average molecular weight is 466 g/mol. The summed E-state index contributed by atoms with van der Waals surface area (Å²) in [7, 11) is 0. The molecule has 5 aromatic rings. The second kappa shape index (κ2) is 8.43. The van der Waals surface area contributed by atoms with E-state index in [-0.39, 0.29) is 0 Å². The first-order valence-electron chi connectivity index (χ1n) is 12.1. The Hall–Kier alpha value is -3.84. The Morgan fingerprint density at radius 2 is 1.66 bits per heavy atom. The van der Waals surface area contributed by atoms with Crippen LogP contribution in [0.25, 0.3) is 22.2 Å². The predicted octanol–water partition coefficient (Wildman–Crippen LogP) is 5.57. The number of nitrogens with one attached hydrogen (secondary N) is 1. The van der Waals surface area contributed by atoms with Crippen LogP contribution < -0.4 is 0 Å². The number of benzene rings is 1. The Labute approximate surface area is 203 Å². The van der Waals surface area contributed by atoms with Crippen molar-refractivity contribution in [3.63, 3.8) is 0 Å². The zero-order valence-corrected chi connectivity index (χ0v) is 19.8. The Morgan fingerprint density at radius 1 is 0.971 bits per heavy atom. The van der Waals surface area contributed by atoms with Crippen molar-refractivity contribution in [1.29, 1.82) is 0 Å². The van der Waals surface area contributed by atoms with E-state index in [1.54, 1.807) is 12.4 Å². The highest BCUT2D eigenvalue weighted by Crippen LogP contribution is 2.42. The van der Waals surface area contributed by atoms with E-state index < -0.39 is 5.60 Å². The van der Waals surface area contributed by atoms with Crippen molar-refractivity contribution in [2.24, 2.45) is 0 Å². The highest BCUT2D eigenvalue weighted by atomic mass is 16.5. The van der Waals surface area contributed by atoms with Gasteiger partial charge in [0.1, 0.15) is 11.6 Å². The predicted molar refractivity (Wildman–Crippen MR) is 133 cm³/mol. The number of hydrogen-bond donors (Lipinski definition) is 2. The third kappa shape index (κ3) is 3.54. The maximum Gasteiger partial charge on any atom is 0.176 e. The highest BCUT2D eigenvalue weighted by Gasteiger charge is 2.40. The summed E-state index contributed by atoms with van der Waals surface area (Å²) in [5.74, 6) is 2.09. The second-order valence-corrected chi connectivity index (χ2v) is 9.36. The summed E-state index contributed by atoms with van der Waals surface area (Å²) in [4.78, 5) is 17.8. The lowest BCUT2D eigenvalue weighted by molar-refractivity contribution is 0.117. The second-order valence-electron chi connectivity index (χ2n) is 9.36. The molecule has 0 bridgehead atoms. The number of H-pyrrole nitrogens is 1. The van der Waals surface area contributed by atoms with Crippen molar-refractivity contribution in [3.05, 3.63) is 95.2 Å². The molecule has 7 nitrogen and oxygen atoms in total. The lowest BCUT2D eigenvalue weighted by Crippen LogP contribution is -2.31. The Kier molecular flexibility index (Phi) is 5.22. The Morgan fingerprint density at radius 3 is 2.23 bits per heavy atom. The summed E-state index contributed by atoms with van der Waals surface area (Å²) in [5.41, 5.74) is 4.18. The molecule has 0 radical (unpaired) electrons. The summed E-state index contributed by atoms with van der Waals surface area (Å²) in [5, 5.41) is 16.7. The molecule has 7 heteroatoms. The maximum atomic E-state index is 12.5. The van der Waals surface area contributed by atoms with E-state index in [4.69, 9.17) is 9.51 Å². The average Bonchev–Trinajstić information content (AvgIpc) is 3.64. The molecule has 6 rings (SSSR count). The van der Waals surface area contributed by atoms with Gasteiger partial charge in [0.2, 0.25) is 0 Å². The van der Waals surface area contributed by atoms with Crippen LogP contribution in [0.5, 0.6) is 0 Å². The van der Waals surface area contributed by atoms with Gasteiger partial charge in [0.15, 0.2) is 5.60 Å². The normalized spacial score (nSPS) is 14.7. The summed E-state index contributed by atoms with van der Waals surface area (Å²) in [6.07, 6.45) is 8.04. The number of imidazole rings is 1. The molecule has 0 amide bonds. The van der Waals surface area contributed by atoms with E-state index in [2.05, 4.69) is 26.2 Å². The van der Waals surface area contributed by atoms with Gasteiger partial charge in [0.25, 0.3) is 0 Å². The van der Waals surface area contributed by atoms with Crippen LogP contribution in [0.4, 0.5) is 0 Å². The molecule has 1 aromatic carbocycles. The van der Waals surface area contributed by atoms with Crippen molar-refractivity contribution in [3.8, 4) is 11.1 Å². The molecule has 0 aliphatic heterocycles. The number of aliphatic hydroxyl groups is 1. The van der Waals surface area contributed by atoms with Gasteiger partial charge >= 0.3 is 0 Å². The SMILES string of the molecule is Cc1noc(C)c1-c1cc(C(O)(c2ccccn2)c2ccccn2)c2nc(C3CCCC3)[nH]c2c1. The topological polar surface area (TPSA) is 101 Å². The smallest absolute Gasteiger partial charge is 0.176 e. The maximum absolute atomic E-state index is 12.5. The summed E-state index contributed by atoms with van der Waals surface area (Å²) in [6, 6.07) is 15.1. The molecule has 0 spiro atoms. The van der Waals surface area contributed by atoms with E-state index in [9.17, 15) is 5.11 Å². The zero-order chi connectivity index (χ0) is 24.0. The van der Waals surface area contributed by atoms with Gasteiger partial charge in [-0.2, -0.15) is 0 Å². The zero-order valence-electron chi connectivity index (χ0n) is 19.8. The number of nitrogens with zero attached hydrogens (tertiary/aromatic N) is 4. The molecular weight excluding hydrogens is 438 g/mol. The lowest BCUT2D eigenvalue weighted by Gasteiger charge is -2.28. The molecule has 1 aliphatic carbocycles. The van der Waals surface area contributed by atoms with Gasteiger partial charge < -0.3 is 14.6 Å². The van der Waals surface area contributed by atoms with E-state index in [1.807, 2.05) is 56.3 Å². The van der Waals surface area contributed by atoms with Crippen molar-refractivity contribution in [1.82, 2.24) is 25.1 Å². The molecule has 176 valence electrons. The van der Waals surface area contributed by atoms with Gasteiger partial charge in [0.05, 0.1) is 28.1 Å². The fourth-order valence-electron chi connectivity index (χ4n) is 5.41. The monoisotopic (exact) mass is 465 g/mol. The van der Waals surface area contributed by atoms with Crippen molar-refractivity contribution in [2.45, 2.75) is 51.0 Å². The largest absolute Gasteiger partial charge is 0.373 e. The fourth-order valence-corrected chi connectivity index (χ4v) is 5.41. The van der Waals surface area contributed by atoms with Crippen molar-refractivity contribution in [2.75, 3.05) is 0 Å². The van der Waals surface area contributed by atoms with Gasteiger partial charge in [-0.05, 0) is 68.7 Å². The van der Waals surface area contributed by atoms with Crippen LogP contribution in [0, 0.1) is 13.8 Å². The van der Waals surface area contributed by atoms with E-state index in [1.165, 1.54) is 12.8 Å². The Balaban J connectivity index is 1.68. The van der Waals surface area contributed by atoms with Gasteiger partial charge in [-0.15, -0.1) is 0 Å². The molecule has 0 atom stereocenters. The van der Waals surface area contributed by atoms with Gasteiger partial charge in [0, 0.05) is 29.4 Å². The number of aromatic amines is 1. The third-order valence-corrected chi connectivity index (χ3v) is 7.13. The molecule has 4 heterocycles. The van der Waals surface area contributed by atoms with Gasteiger partial charge in [-0.25, -0.2) is 4.98 Å². The Bertz CT molecular complexity index is 1430. The number of aryl methyl sites for hydroxylation is 2. The summed E-state index contributed by atoms with van der Waals surface area (Å²) in [6.45, 7) is 3.83.